The number of fused-ring (bicyclic) bond motifs is 1. The van der Waals surface area contributed by atoms with E-state index in [-0.39, 0.29) is 11.5 Å². The van der Waals surface area contributed by atoms with Crippen molar-refractivity contribution in [3.05, 3.63) is 62.2 Å². The van der Waals surface area contributed by atoms with Crippen molar-refractivity contribution in [1.82, 2.24) is 4.72 Å². The molecule has 31 heavy (non-hydrogen) atoms. The summed E-state index contributed by atoms with van der Waals surface area (Å²) in [5.41, 5.74) is 0.626. The Hall–Kier alpha value is -2.36. The highest BCUT2D eigenvalue weighted by molar-refractivity contribution is 9.10. The molecular formula is C21H17BrClNO6S. The number of sulfonamides is 1. The third-order valence-electron chi connectivity index (χ3n) is 4.96. The Morgan fingerprint density at radius 3 is 2.68 bits per heavy atom. The van der Waals surface area contributed by atoms with Crippen molar-refractivity contribution < 1.29 is 22.4 Å². The van der Waals surface area contributed by atoms with Crippen LogP contribution in [0.4, 0.5) is 0 Å². The number of carbonyl (C=O) groups excluding carboxylic acids is 1. The SMILES string of the molecule is CS(=O)(=O)NC(=O)[C@H]1C[C@@H](Oc2cc(Br)ccc2-c2cc(=O)c3cccc(Cl)c3o2)C1. The zero-order chi connectivity index (χ0) is 22.3. The first-order valence-electron chi connectivity index (χ1n) is 9.31. The quantitative estimate of drug-likeness (QED) is 0.537. The Morgan fingerprint density at radius 2 is 1.97 bits per heavy atom. The van der Waals surface area contributed by atoms with Crippen molar-refractivity contribution in [1.29, 1.82) is 0 Å². The van der Waals surface area contributed by atoms with E-state index in [4.69, 9.17) is 20.8 Å². The Morgan fingerprint density at radius 1 is 1.23 bits per heavy atom. The smallest absolute Gasteiger partial charge is 0.236 e. The Labute approximate surface area is 191 Å². The molecule has 1 heterocycles. The van der Waals surface area contributed by atoms with Crippen molar-refractivity contribution in [3.63, 3.8) is 0 Å². The normalized spacial score (nSPS) is 18.4. The molecule has 0 aliphatic heterocycles. The maximum Gasteiger partial charge on any atom is 0.236 e. The molecule has 162 valence electrons. The summed E-state index contributed by atoms with van der Waals surface area (Å²) in [6.45, 7) is 0. The van der Waals surface area contributed by atoms with Crippen LogP contribution in [-0.4, -0.2) is 26.7 Å². The lowest BCUT2D eigenvalue weighted by atomic mass is 9.82. The van der Waals surface area contributed by atoms with E-state index in [0.717, 1.165) is 10.7 Å². The van der Waals surface area contributed by atoms with Gasteiger partial charge in [-0.25, -0.2) is 8.42 Å². The van der Waals surface area contributed by atoms with E-state index < -0.39 is 21.8 Å². The van der Waals surface area contributed by atoms with Crippen molar-refractivity contribution in [3.8, 4) is 17.1 Å². The lowest BCUT2D eigenvalue weighted by Gasteiger charge is -2.34. The van der Waals surface area contributed by atoms with Gasteiger partial charge in [0.2, 0.25) is 15.9 Å². The van der Waals surface area contributed by atoms with E-state index in [9.17, 15) is 18.0 Å². The van der Waals surface area contributed by atoms with Crippen molar-refractivity contribution in [2.45, 2.75) is 18.9 Å². The molecule has 0 radical (unpaired) electrons. The van der Waals surface area contributed by atoms with E-state index in [2.05, 4.69) is 15.9 Å². The number of nitrogens with one attached hydrogen (secondary N) is 1. The zero-order valence-electron chi connectivity index (χ0n) is 16.2. The molecule has 3 aromatic rings. The molecule has 1 aliphatic rings. The summed E-state index contributed by atoms with van der Waals surface area (Å²) in [5, 5.41) is 0.712. The Balaban J connectivity index is 1.60. The van der Waals surface area contributed by atoms with Gasteiger partial charge in [-0.1, -0.05) is 33.6 Å². The minimum Gasteiger partial charge on any atom is -0.490 e. The molecule has 10 heteroatoms. The maximum atomic E-state index is 12.6. The van der Waals surface area contributed by atoms with E-state index in [0.29, 0.717) is 45.9 Å². The number of amides is 1. The van der Waals surface area contributed by atoms with Crippen LogP contribution in [0.1, 0.15) is 12.8 Å². The first kappa shape index (κ1) is 21.9. The van der Waals surface area contributed by atoms with Crippen molar-refractivity contribution in [2.24, 2.45) is 5.92 Å². The summed E-state index contributed by atoms with van der Waals surface area (Å²) < 4.78 is 37.2. The van der Waals surface area contributed by atoms with Gasteiger partial charge in [-0.15, -0.1) is 0 Å². The molecule has 1 saturated carbocycles. The fourth-order valence-corrected chi connectivity index (χ4v) is 4.48. The van der Waals surface area contributed by atoms with Crippen LogP contribution >= 0.6 is 27.5 Å². The zero-order valence-corrected chi connectivity index (χ0v) is 19.4. The van der Waals surface area contributed by atoms with Gasteiger partial charge in [-0.2, -0.15) is 0 Å². The van der Waals surface area contributed by atoms with Gasteiger partial charge >= 0.3 is 0 Å². The number of benzene rings is 2. The largest absolute Gasteiger partial charge is 0.490 e. The Kier molecular flexibility index (Phi) is 5.85. The highest BCUT2D eigenvalue weighted by Crippen LogP contribution is 2.38. The molecule has 2 aromatic carbocycles. The first-order valence-corrected chi connectivity index (χ1v) is 12.4. The standard InChI is InChI=1S/C21H17BrClNO6S/c1-31(27,28)24-21(26)11-7-13(8-11)29-18-9-12(22)5-6-15(18)19-10-17(25)14-3-2-4-16(23)20(14)30-19/h2-6,9-11,13H,7-8H2,1H3,(H,24,26)/t11-,13+. The number of hydrogen-bond acceptors (Lipinski definition) is 6. The molecule has 7 nitrogen and oxygen atoms in total. The monoisotopic (exact) mass is 525 g/mol. The average Bonchev–Trinajstić information content (AvgIpc) is 2.63. The number of halogens is 2. The molecule has 1 amide bonds. The molecule has 0 bridgehead atoms. The summed E-state index contributed by atoms with van der Waals surface area (Å²) in [7, 11) is -3.59. The minimum absolute atomic E-state index is 0.228. The topological polar surface area (TPSA) is 103 Å². The fraction of sp³-hybridized carbons (Fsp3) is 0.238. The van der Waals surface area contributed by atoms with E-state index in [1.807, 2.05) is 4.72 Å². The third-order valence-corrected chi connectivity index (χ3v) is 6.32. The van der Waals surface area contributed by atoms with Crippen LogP contribution in [0.3, 0.4) is 0 Å². The molecule has 0 atom stereocenters. The summed E-state index contributed by atoms with van der Waals surface area (Å²) in [4.78, 5) is 24.5. The van der Waals surface area contributed by atoms with E-state index >= 15 is 0 Å². The third kappa shape index (κ3) is 4.78. The second-order valence-corrected chi connectivity index (χ2v) is 10.4. The summed E-state index contributed by atoms with van der Waals surface area (Å²) in [6.07, 6.45) is 1.41. The van der Waals surface area contributed by atoms with E-state index in [1.165, 1.54) is 6.07 Å². The van der Waals surface area contributed by atoms with Gasteiger partial charge < -0.3 is 9.15 Å². The lowest BCUT2D eigenvalue weighted by Crippen LogP contribution is -2.45. The van der Waals surface area contributed by atoms with Crippen LogP contribution < -0.4 is 14.9 Å². The maximum absolute atomic E-state index is 12.6. The predicted octanol–water partition coefficient (Wildman–Crippen LogP) is 4.11. The predicted molar refractivity (Wildman–Crippen MR) is 121 cm³/mol. The molecule has 1 N–H and O–H groups in total. The number of rotatable bonds is 5. The first-order chi connectivity index (χ1) is 14.6. The van der Waals surface area contributed by atoms with Gasteiger partial charge in [0.15, 0.2) is 11.0 Å². The molecule has 0 spiro atoms. The van der Waals surface area contributed by atoms with Gasteiger partial charge in [0.1, 0.15) is 17.6 Å². The van der Waals surface area contributed by atoms with Crippen LogP contribution in [0.5, 0.6) is 5.75 Å². The van der Waals surface area contributed by atoms with Crippen molar-refractivity contribution >= 4 is 54.4 Å². The van der Waals surface area contributed by atoms with Gasteiger partial charge in [0.25, 0.3) is 0 Å². The van der Waals surface area contributed by atoms with Crippen LogP contribution in [-0.2, 0) is 14.8 Å². The summed E-state index contributed by atoms with van der Waals surface area (Å²) in [6, 6.07) is 11.7. The van der Waals surface area contributed by atoms with Gasteiger partial charge in [0, 0.05) is 16.5 Å². The number of hydrogen-bond donors (Lipinski definition) is 1. The summed E-state index contributed by atoms with van der Waals surface area (Å²) in [5.74, 6) is -0.200. The summed E-state index contributed by atoms with van der Waals surface area (Å²) >= 11 is 9.62. The highest BCUT2D eigenvalue weighted by atomic mass is 79.9. The van der Waals surface area contributed by atoms with Gasteiger partial charge in [0.05, 0.1) is 22.2 Å². The molecular weight excluding hydrogens is 510 g/mol. The van der Waals surface area contributed by atoms with Crippen LogP contribution in [0.2, 0.25) is 5.02 Å². The molecule has 0 saturated heterocycles. The van der Waals surface area contributed by atoms with Gasteiger partial charge in [-0.05, 0) is 43.2 Å². The molecule has 0 unspecified atom stereocenters. The molecule has 4 rings (SSSR count). The average molecular weight is 527 g/mol. The van der Waals surface area contributed by atoms with Gasteiger partial charge in [-0.3, -0.25) is 14.3 Å². The van der Waals surface area contributed by atoms with Crippen LogP contribution in [0, 0.1) is 5.92 Å². The second-order valence-electron chi connectivity index (χ2n) is 7.38. The van der Waals surface area contributed by atoms with E-state index in [1.54, 1.807) is 36.4 Å². The van der Waals surface area contributed by atoms with Crippen molar-refractivity contribution in [2.75, 3.05) is 6.26 Å². The van der Waals surface area contributed by atoms with Crippen LogP contribution in [0.25, 0.3) is 22.3 Å². The molecule has 1 aromatic heterocycles. The lowest BCUT2D eigenvalue weighted by molar-refractivity contribution is -0.128. The molecule has 1 fully saturated rings. The minimum atomic E-state index is -3.59. The number of carbonyl (C=O) groups is 1. The van der Waals surface area contributed by atoms with Crippen LogP contribution in [0.15, 0.2) is 56.1 Å². The fourth-order valence-electron chi connectivity index (χ4n) is 3.39. The number of para-hydroxylation sites is 1. The second kappa shape index (κ2) is 8.29. The Bertz CT molecular complexity index is 1350. The number of ether oxygens (including phenoxy) is 1. The molecule has 1 aliphatic carbocycles. The highest BCUT2D eigenvalue weighted by Gasteiger charge is 2.37.